The van der Waals surface area contributed by atoms with Crippen molar-refractivity contribution < 1.29 is 28.5 Å². The second-order valence-corrected chi connectivity index (χ2v) is 7.26. The summed E-state index contributed by atoms with van der Waals surface area (Å²) in [6.07, 6.45) is 0. The van der Waals surface area contributed by atoms with Gasteiger partial charge in [-0.3, -0.25) is 4.79 Å². The van der Waals surface area contributed by atoms with Gasteiger partial charge in [-0.1, -0.05) is 17.7 Å². The minimum absolute atomic E-state index is 0.132. The molecule has 0 amide bonds. The summed E-state index contributed by atoms with van der Waals surface area (Å²) in [7, 11) is 4.54. The van der Waals surface area contributed by atoms with E-state index in [1.54, 1.807) is 44.6 Å². The summed E-state index contributed by atoms with van der Waals surface area (Å²) in [6.45, 7) is 1.70. The van der Waals surface area contributed by atoms with Crippen LogP contribution in [0, 0.1) is 0 Å². The molecule has 0 aliphatic rings. The molecule has 0 fully saturated rings. The normalized spacial score (nSPS) is 11.0. The van der Waals surface area contributed by atoms with Gasteiger partial charge in [-0.2, -0.15) is 0 Å². The Balaban J connectivity index is 2.24. The molecule has 1 atom stereocenters. The summed E-state index contributed by atoms with van der Waals surface area (Å²) in [5.41, 5.74) is 0.236. The molecule has 0 spiro atoms. The molecular formula is C20H24ClO6P. The number of hydrogen-bond donors (Lipinski definition) is 0. The van der Waals surface area contributed by atoms with Gasteiger partial charge in [0.15, 0.2) is 5.52 Å². The molecule has 0 aliphatic carbocycles. The van der Waals surface area contributed by atoms with Gasteiger partial charge in [0.1, 0.15) is 30.5 Å². The van der Waals surface area contributed by atoms with Crippen molar-refractivity contribution in [3.05, 3.63) is 47.0 Å². The van der Waals surface area contributed by atoms with Crippen LogP contribution in [-0.4, -0.2) is 53.3 Å². The predicted molar refractivity (Wildman–Crippen MR) is 111 cm³/mol. The zero-order valence-electron chi connectivity index (χ0n) is 16.1. The zero-order valence-corrected chi connectivity index (χ0v) is 17.9. The van der Waals surface area contributed by atoms with E-state index in [9.17, 15) is 4.79 Å². The van der Waals surface area contributed by atoms with Crippen LogP contribution in [0.4, 0.5) is 0 Å². The van der Waals surface area contributed by atoms with Gasteiger partial charge in [-0.05, 0) is 32.8 Å². The van der Waals surface area contributed by atoms with Gasteiger partial charge >= 0.3 is 0 Å². The van der Waals surface area contributed by atoms with Crippen molar-refractivity contribution in [2.45, 2.75) is 0 Å². The van der Waals surface area contributed by atoms with E-state index in [1.165, 1.54) is 7.11 Å². The number of carbonyl (C=O) groups excluding carboxylic acids is 1. The Morgan fingerprint density at radius 3 is 2.32 bits per heavy atom. The largest absolute Gasteiger partial charge is 0.496 e. The maximum Gasteiger partial charge on any atom is 0.190 e. The number of methoxy groups -OCH3 is 3. The van der Waals surface area contributed by atoms with Gasteiger partial charge in [0.2, 0.25) is 0 Å². The van der Waals surface area contributed by atoms with E-state index >= 15 is 0 Å². The molecule has 2 aromatic rings. The first-order chi connectivity index (χ1) is 13.6. The molecule has 28 heavy (non-hydrogen) atoms. The highest BCUT2D eigenvalue weighted by atomic mass is 35.5. The molecule has 152 valence electrons. The Kier molecular flexibility index (Phi) is 9.51. The Hall–Kier alpha value is -1.85. The molecule has 2 aromatic carbocycles. The van der Waals surface area contributed by atoms with Crippen LogP contribution in [0.1, 0.15) is 10.4 Å². The number of carbonyl (C=O) groups is 1. The molecule has 8 heteroatoms. The molecule has 0 saturated carbocycles. The molecular weight excluding hydrogens is 403 g/mol. The number of halogens is 1. The van der Waals surface area contributed by atoms with Gasteiger partial charge in [0.05, 0.1) is 30.9 Å². The van der Waals surface area contributed by atoms with Gasteiger partial charge in [0, 0.05) is 25.6 Å². The van der Waals surface area contributed by atoms with E-state index in [2.05, 4.69) is 0 Å². The van der Waals surface area contributed by atoms with E-state index < -0.39 is 0 Å². The SMILES string of the molecule is COCCOc1ccc(PC(=O)c2c(Cl)cccc2OC)c(OCCOC)c1. The molecule has 0 radical (unpaired) electrons. The summed E-state index contributed by atoms with van der Waals surface area (Å²) in [5, 5.41) is 1.11. The van der Waals surface area contributed by atoms with E-state index in [-0.39, 0.29) is 14.1 Å². The summed E-state index contributed by atoms with van der Waals surface area (Å²) in [4.78, 5) is 12.9. The standard InChI is InChI=1S/C20H24ClO6P/c1-23-9-11-26-14-7-8-18(17(13-14)27-12-10-24-2)28-20(22)19-15(21)5-4-6-16(19)25-3/h4-8,13,28H,9-12H2,1-3H3. The summed E-state index contributed by atoms with van der Waals surface area (Å²) in [6, 6.07) is 10.5. The Labute approximate surface area is 171 Å². The van der Waals surface area contributed by atoms with Crippen molar-refractivity contribution in [3.63, 3.8) is 0 Å². The van der Waals surface area contributed by atoms with Crippen LogP contribution in [0.5, 0.6) is 17.2 Å². The maximum atomic E-state index is 12.9. The van der Waals surface area contributed by atoms with Crippen LogP contribution in [0.3, 0.4) is 0 Å². The second kappa shape index (κ2) is 11.9. The zero-order chi connectivity index (χ0) is 20.4. The highest BCUT2D eigenvalue weighted by molar-refractivity contribution is 7.66. The van der Waals surface area contributed by atoms with Crippen molar-refractivity contribution >= 4 is 31.0 Å². The Morgan fingerprint density at radius 1 is 0.929 bits per heavy atom. The molecule has 0 saturated heterocycles. The average Bonchev–Trinajstić information content (AvgIpc) is 2.69. The van der Waals surface area contributed by atoms with Gasteiger partial charge in [-0.25, -0.2) is 0 Å². The highest BCUT2D eigenvalue weighted by Crippen LogP contribution is 2.34. The lowest BCUT2D eigenvalue weighted by Gasteiger charge is -2.14. The molecule has 0 heterocycles. The van der Waals surface area contributed by atoms with E-state index in [0.29, 0.717) is 54.3 Å². The maximum absolute atomic E-state index is 12.9. The fraction of sp³-hybridized carbons (Fsp3) is 0.350. The number of hydrogen-bond acceptors (Lipinski definition) is 6. The van der Waals surface area contributed by atoms with Crippen molar-refractivity contribution in [2.75, 3.05) is 47.8 Å². The lowest BCUT2D eigenvalue weighted by molar-refractivity contribution is 0.108. The lowest BCUT2D eigenvalue weighted by atomic mass is 10.2. The van der Waals surface area contributed by atoms with Crippen LogP contribution in [0.2, 0.25) is 5.02 Å². The second-order valence-electron chi connectivity index (χ2n) is 5.61. The third-order valence-electron chi connectivity index (χ3n) is 3.72. The number of rotatable bonds is 12. The summed E-state index contributed by atoms with van der Waals surface area (Å²) in [5.74, 6) is 1.66. The average molecular weight is 427 g/mol. The topological polar surface area (TPSA) is 63.2 Å². The third-order valence-corrected chi connectivity index (χ3v) is 5.20. The van der Waals surface area contributed by atoms with Crippen molar-refractivity contribution in [1.82, 2.24) is 0 Å². The van der Waals surface area contributed by atoms with Crippen LogP contribution in [0.25, 0.3) is 0 Å². The lowest BCUT2D eigenvalue weighted by Crippen LogP contribution is -2.12. The molecule has 0 aromatic heterocycles. The molecule has 2 rings (SSSR count). The molecule has 0 aliphatic heterocycles. The van der Waals surface area contributed by atoms with Crippen molar-refractivity contribution in [2.24, 2.45) is 0 Å². The minimum Gasteiger partial charge on any atom is -0.496 e. The van der Waals surface area contributed by atoms with Crippen LogP contribution < -0.4 is 19.5 Å². The van der Waals surface area contributed by atoms with Crippen LogP contribution in [0.15, 0.2) is 36.4 Å². The van der Waals surface area contributed by atoms with Crippen LogP contribution in [-0.2, 0) is 9.47 Å². The number of benzene rings is 2. The first-order valence-electron chi connectivity index (χ1n) is 8.62. The summed E-state index contributed by atoms with van der Waals surface area (Å²) < 4.78 is 26.8. The first kappa shape index (κ1) is 22.4. The van der Waals surface area contributed by atoms with Gasteiger partial charge < -0.3 is 23.7 Å². The first-order valence-corrected chi connectivity index (χ1v) is 9.99. The van der Waals surface area contributed by atoms with E-state index in [4.69, 9.17) is 35.3 Å². The van der Waals surface area contributed by atoms with Crippen molar-refractivity contribution in [1.29, 1.82) is 0 Å². The van der Waals surface area contributed by atoms with Crippen LogP contribution >= 0.6 is 20.2 Å². The minimum atomic E-state index is -0.188. The smallest absolute Gasteiger partial charge is 0.190 e. The Bertz CT molecular complexity index is 783. The Morgan fingerprint density at radius 2 is 1.64 bits per heavy atom. The molecule has 6 nitrogen and oxygen atoms in total. The highest BCUT2D eigenvalue weighted by Gasteiger charge is 2.19. The fourth-order valence-corrected chi connectivity index (χ4v) is 3.77. The molecule has 0 bridgehead atoms. The predicted octanol–water partition coefficient (Wildman–Crippen LogP) is 3.54. The monoisotopic (exact) mass is 426 g/mol. The fourth-order valence-electron chi connectivity index (χ4n) is 2.37. The summed E-state index contributed by atoms with van der Waals surface area (Å²) >= 11 is 6.23. The van der Waals surface area contributed by atoms with Gasteiger partial charge in [-0.15, -0.1) is 0 Å². The van der Waals surface area contributed by atoms with Crippen molar-refractivity contribution in [3.8, 4) is 17.2 Å². The molecule has 1 unspecified atom stereocenters. The molecule has 0 N–H and O–H groups in total. The number of ether oxygens (including phenoxy) is 5. The van der Waals surface area contributed by atoms with E-state index in [0.717, 1.165) is 5.30 Å². The quantitative estimate of drug-likeness (QED) is 0.382. The third kappa shape index (κ3) is 6.35. The van der Waals surface area contributed by atoms with E-state index in [1.807, 2.05) is 6.07 Å². The van der Waals surface area contributed by atoms with Gasteiger partial charge in [0.25, 0.3) is 0 Å².